The highest BCUT2D eigenvalue weighted by atomic mass is 16.1. The molecule has 1 aromatic carbocycles. The van der Waals surface area contributed by atoms with Gasteiger partial charge in [-0.25, -0.2) is 0 Å². The van der Waals surface area contributed by atoms with Crippen molar-refractivity contribution in [1.82, 2.24) is 4.57 Å². The minimum atomic E-state index is 0.132. The van der Waals surface area contributed by atoms with Gasteiger partial charge in [0.15, 0.2) is 5.78 Å². The van der Waals surface area contributed by atoms with Crippen molar-refractivity contribution in [3.8, 4) is 0 Å². The Kier molecular flexibility index (Phi) is 3.98. The Hall–Kier alpha value is -2.03. The number of carbonyl (C=O) groups excluding carboxylic acids is 1. The Morgan fingerprint density at radius 3 is 2.45 bits per heavy atom. The summed E-state index contributed by atoms with van der Waals surface area (Å²) in [5.41, 5.74) is 6.32. The van der Waals surface area contributed by atoms with Crippen molar-refractivity contribution >= 4 is 11.5 Å². The smallest absolute Gasteiger partial charge is 0.183 e. The molecule has 3 heteroatoms. The largest absolute Gasteiger partial charge is 0.377 e. The third-order valence-electron chi connectivity index (χ3n) is 3.91. The molecule has 0 unspecified atom stereocenters. The molecule has 1 aromatic heterocycles. The molecule has 2 rings (SSSR count). The van der Waals surface area contributed by atoms with Gasteiger partial charge in [-0.15, -0.1) is 0 Å². The van der Waals surface area contributed by atoms with Crippen LogP contribution in [0.25, 0.3) is 0 Å². The number of Topliss-reactive ketones (excluding diaryl/α,β-unsaturated/α-hetero) is 1. The van der Waals surface area contributed by atoms with Crippen LogP contribution in [0.15, 0.2) is 24.3 Å². The molecule has 0 spiro atoms. The Morgan fingerprint density at radius 2 is 1.85 bits per heavy atom. The molecule has 0 saturated carbocycles. The number of benzene rings is 1. The first-order valence-electron chi connectivity index (χ1n) is 6.87. The molecule has 0 bridgehead atoms. The second-order valence-electron chi connectivity index (χ2n) is 5.44. The van der Waals surface area contributed by atoms with Crippen molar-refractivity contribution in [2.45, 2.75) is 27.7 Å². The van der Waals surface area contributed by atoms with E-state index in [0.717, 1.165) is 28.2 Å². The summed E-state index contributed by atoms with van der Waals surface area (Å²) in [5, 5.41) is 3.25. The molecule has 0 fully saturated rings. The van der Waals surface area contributed by atoms with E-state index in [4.69, 9.17) is 0 Å². The Balaban J connectivity index is 2.12. The molecule has 0 amide bonds. The zero-order chi connectivity index (χ0) is 14.9. The lowest BCUT2D eigenvalue weighted by molar-refractivity contribution is 0.101. The fourth-order valence-electron chi connectivity index (χ4n) is 2.33. The van der Waals surface area contributed by atoms with E-state index in [1.807, 2.05) is 38.5 Å². The maximum atomic E-state index is 12.3. The van der Waals surface area contributed by atoms with E-state index in [1.54, 1.807) is 0 Å². The second kappa shape index (κ2) is 5.53. The first-order chi connectivity index (χ1) is 9.40. The van der Waals surface area contributed by atoms with Crippen molar-refractivity contribution in [2.24, 2.45) is 7.05 Å². The maximum Gasteiger partial charge on any atom is 0.183 e. The quantitative estimate of drug-likeness (QED) is 0.862. The molecule has 0 aliphatic carbocycles. The van der Waals surface area contributed by atoms with Gasteiger partial charge in [0, 0.05) is 29.7 Å². The summed E-state index contributed by atoms with van der Waals surface area (Å²) in [6.45, 7) is 8.43. The fraction of sp³-hybridized carbons (Fsp3) is 0.353. The molecular formula is C17H22N2O. The lowest BCUT2D eigenvalue weighted by Gasteiger charge is -2.10. The highest BCUT2D eigenvalue weighted by Gasteiger charge is 2.13. The molecule has 1 heterocycles. The van der Waals surface area contributed by atoms with E-state index in [0.29, 0.717) is 6.54 Å². The van der Waals surface area contributed by atoms with E-state index < -0.39 is 0 Å². The predicted octanol–water partition coefficient (Wildman–Crippen LogP) is 3.55. The van der Waals surface area contributed by atoms with Gasteiger partial charge in [-0.1, -0.05) is 12.1 Å². The van der Waals surface area contributed by atoms with Gasteiger partial charge in [-0.3, -0.25) is 4.79 Å². The summed E-state index contributed by atoms with van der Waals surface area (Å²) in [5.74, 6) is 0.132. The number of ketones is 1. The van der Waals surface area contributed by atoms with E-state index in [-0.39, 0.29) is 5.78 Å². The summed E-state index contributed by atoms with van der Waals surface area (Å²) in [6.07, 6.45) is 0. The normalized spacial score (nSPS) is 10.7. The van der Waals surface area contributed by atoms with E-state index >= 15 is 0 Å². The van der Waals surface area contributed by atoms with Gasteiger partial charge in [0.1, 0.15) is 0 Å². The standard InChI is InChI=1S/C17H22N2O/c1-11-6-7-12(2)16(8-11)18-10-17(20)15-9-13(3)19(5)14(15)4/h6-9,18H,10H2,1-5H3. The van der Waals surface area contributed by atoms with Gasteiger partial charge in [-0.05, 0) is 51.0 Å². The molecule has 106 valence electrons. The van der Waals surface area contributed by atoms with Crippen LogP contribution in [0.4, 0.5) is 5.69 Å². The minimum Gasteiger partial charge on any atom is -0.377 e. The molecule has 0 aliphatic rings. The number of carbonyl (C=O) groups is 1. The zero-order valence-electron chi connectivity index (χ0n) is 12.9. The van der Waals surface area contributed by atoms with Crippen molar-refractivity contribution in [3.05, 3.63) is 52.3 Å². The van der Waals surface area contributed by atoms with Crippen molar-refractivity contribution in [3.63, 3.8) is 0 Å². The Labute approximate surface area is 120 Å². The molecule has 0 aliphatic heterocycles. The van der Waals surface area contributed by atoms with Crippen LogP contribution in [0, 0.1) is 27.7 Å². The number of nitrogens with zero attached hydrogens (tertiary/aromatic N) is 1. The van der Waals surface area contributed by atoms with Crippen LogP contribution < -0.4 is 5.32 Å². The van der Waals surface area contributed by atoms with Crippen molar-refractivity contribution in [1.29, 1.82) is 0 Å². The highest BCUT2D eigenvalue weighted by molar-refractivity contribution is 6.00. The summed E-state index contributed by atoms with van der Waals surface area (Å²) < 4.78 is 2.05. The summed E-state index contributed by atoms with van der Waals surface area (Å²) in [6, 6.07) is 8.18. The monoisotopic (exact) mass is 270 g/mol. The molecule has 0 radical (unpaired) electrons. The van der Waals surface area contributed by atoms with Crippen LogP contribution in [-0.4, -0.2) is 16.9 Å². The molecular weight excluding hydrogens is 248 g/mol. The van der Waals surface area contributed by atoms with Crippen LogP contribution in [0.3, 0.4) is 0 Å². The van der Waals surface area contributed by atoms with Crippen LogP contribution in [0.1, 0.15) is 32.9 Å². The molecule has 1 N–H and O–H groups in total. The number of rotatable bonds is 4. The van der Waals surface area contributed by atoms with Crippen LogP contribution in [-0.2, 0) is 7.05 Å². The molecule has 2 aromatic rings. The minimum absolute atomic E-state index is 0.132. The fourth-order valence-corrected chi connectivity index (χ4v) is 2.33. The average Bonchev–Trinajstić information content (AvgIpc) is 2.67. The lowest BCUT2D eigenvalue weighted by atomic mass is 10.1. The number of anilines is 1. The number of aryl methyl sites for hydroxylation is 3. The molecule has 0 saturated heterocycles. The van der Waals surface area contributed by atoms with Gasteiger partial charge in [0.05, 0.1) is 6.54 Å². The van der Waals surface area contributed by atoms with Crippen LogP contribution in [0.2, 0.25) is 0 Å². The third kappa shape index (κ3) is 2.77. The Bertz CT molecular complexity index is 653. The zero-order valence-corrected chi connectivity index (χ0v) is 12.9. The van der Waals surface area contributed by atoms with Gasteiger partial charge >= 0.3 is 0 Å². The Morgan fingerprint density at radius 1 is 1.15 bits per heavy atom. The van der Waals surface area contributed by atoms with Gasteiger partial charge in [-0.2, -0.15) is 0 Å². The van der Waals surface area contributed by atoms with Crippen molar-refractivity contribution < 1.29 is 4.79 Å². The third-order valence-corrected chi connectivity index (χ3v) is 3.91. The molecule has 3 nitrogen and oxygen atoms in total. The lowest BCUT2D eigenvalue weighted by Crippen LogP contribution is -2.15. The summed E-state index contributed by atoms with van der Waals surface area (Å²) in [7, 11) is 1.99. The summed E-state index contributed by atoms with van der Waals surface area (Å²) >= 11 is 0. The second-order valence-corrected chi connectivity index (χ2v) is 5.44. The summed E-state index contributed by atoms with van der Waals surface area (Å²) in [4.78, 5) is 12.3. The maximum absolute atomic E-state index is 12.3. The topological polar surface area (TPSA) is 34.0 Å². The van der Waals surface area contributed by atoms with Gasteiger partial charge in [0.2, 0.25) is 0 Å². The van der Waals surface area contributed by atoms with E-state index in [2.05, 4.69) is 30.4 Å². The van der Waals surface area contributed by atoms with Crippen LogP contribution >= 0.6 is 0 Å². The number of nitrogens with one attached hydrogen (secondary N) is 1. The van der Waals surface area contributed by atoms with Crippen LogP contribution in [0.5, 0.6) is 0 Å². The highest BCUT2D eigenvalue weighted by Crippen LogP contribution is 2.18. The first-order valence-corrected chi connectivity index (χ1v) is 6.87. The average molecular weight is 270 g/mol. The molecule has 0 atom stereocenters. The van der Waals surface area contributed by atoms with E-state index in [9.17, 15) is 4.79 Å². The number of aromatic nitrogens is 1. The first kappa shape index (κ1) is 14.4. The van der Waals surface area contributed by atoms with Crippen molar-refractivity contribution in [2.75, 3.05) is 11.9 Å². The molecule has 20 heavy (non-hydrogen) atoms. The van der Waals surface area contributed by atoms with Gasteiger partial charge in [0.25, 0.3) is 0 Å². The predicted molar refractivity (Wildman–Crippen MR) is 83.6 cm³/mol. The number of hydrogen-bond donors (Lipinski definition) is 1. The SMILES string of the molecule is Cc1ccc(C)c(NCC(=O)c2cc(C)n(C)c2C)c1. The number of hydrogen-bond acceptors (Lipinski definition) is 2. The van der Waals surface area contributed by atoms with Gasteiger partial charge < -0.3 is 9.88 Å². The van der Waals surface area contributed by atoms with E-state index in [1.165, 1.54) is 5.56 Å².